The summed E-state index contributed by atoms with van der Waals surface area (Å²) in [6.07, 6.45) is 102. The average molecular weight is 1140 g/mol. The van der Waals surface area contributed by atoms with Crippen LogP contribution in [0.2, 0.25) is 0 Å². The van der Waals surface area contributed by atoms with Crippen LogP contribution in [0.1, 0.15) is 278 Å². The molecule has 6 heteroatoms. The fraction of sp³-hybridized carbons (Fsp3) is 0.597. The summed E-state index contributed by atoms with van der Waals surface area (Å²) in [5.74, 6) is -0.988. The topological polar surface area (TPSA) is 78.9 Å². The van der Waals surface area contributed by atoms with Gasteiger partial charge in [-0.15, -0.1) is 0 Å². The van der Waals surface area contributed by atoms with Crippen molar-refractivity contribution in [1.82, 2.24) is 0 Å². The summed E-state index contributed by atoms with van der Waals surface area (Å²) < 4.78 is 16.9. The molecule has 0 aromatic heterocycles. The molecule has 0 heterocycles. The Hall–Kier alpha value is -5.23. The van der Waals surface area contributed by atoms with Crippen molar-refractivity contribution in [2.24, 2.45) is 0 Å². The molecule has 0 aromatic carbocycles. The van der Waals surface area contributed by atoms with Crippen LogP contribution in [0.3, 0.4) is 0 Å². The van der Waals surface area contributed by atoms with Gasteiger partial charge >= 0.3 is 17.9 Å². The van der Waals surface area contributed by atoms with E-state index in [0.717, 1.165) is 148 Å². The molecule has 1 unspecified atom stereocenters. The minimum Gasteiger partial charge on any atom is -0.462 e. The summed E-state index contributed by atoms with van der Waals surface area (Å²) in [5, 5.41) is 0. The first-order valence-corrected chi connectivity index (χ1v) is 33.6. The molecular weight excluding hydrogens is 1020 g/mol. The van der Waals surface area contributed by atoms with Crippen LogP contribution in [0.5, 0.6) is 0 Å². The van der Waals surface area contributed by atoms with Crippen LogP contribution in [0, 0.1) is 0 Å². The van der Waals surface area contributed by atoms with E-state index < -0.39 is 6.10 Å². The number of ether oxygens (including phenoxy) is 3. The largest absolute Gasteiger partial charge is 0.462 e. The zero-order valence-electron chi connectivity index (χ0n) is 53.4. The van der Waals surface area contributed by atoms with E-state index in [1.54, 1.807) is 0 Å². The summed E-state index contributed by atoms with van der Waals surface area (Å²) in [5.41, 5.74) is 0. The Morgan fingerprint density at radius 1 is 0.253 bits per heavy atom. The molecule has 1 atom stereocenters. The Balaban J connectivity index is 4.43. The van der Waals surface area contributed by atoms with Gasteiger partial charge in [-0.05, 0) is 148 Å². The normalized spacial score (nSPS) is 13.2. The molecule has 0 aromatic rings. The fourth-order valence-electron chi connectivity index (χ4n) is 8.72. The molecule has 0 bridgehead atoms. The molecule has 0 amide bonds. The number of esters is 3. The van der Waals surface area contributed by atoms with E-state index in [4.69, 9.17) is 14.2 Å². The molecule has 0 fully saturated rings. The zero-order valence-corrected chi connectivity index (χ0v) is 53.4. The van der Waals surface area contributed by atoms with Crippen LogP contribution in [-0.4, -0.2) is 37.2 Å². The predicted molar refractivity (Wildman–Crippen MR) is 361 cm³/mol. The monoisotopic (exact) mass is 1140 g/mol. The molecule has 0 N–H and O–H groups in total. The van der Waals surface area contributed by atoms with Gasteiger partial charge in [-0.25, -0.2) is 0 Å². The van der Waals surface area contributed by atoms with Gasteiger partial charge in [0.2, 0.25) is 0 Å². The minimum absolute atomic E-state index is 0.113. The van der Waals surface area contributed by atoms with Gasteiger partial charge in [0.1, 0.15) is 13.2 Å². The molecular formula is C77H122O6. The maximum absolute atomic E-state index is 12.9. The van der Waals surface area contributed by atoms with Crippen LogP contribution < -0.4 is 0 Å². The van der Waals surface area contributed by atoms with E-state index >= 15 is 0 Å². The first-order valence-electron chi connectivity index (χ1n) is 33.6. The highest BCUT2D eigenvalue weighted by Gasteiger charge is 2.19. The van der Waals surface area contributed by atoms with Crippen molar-refractivity contribution in [3.05, 3.63) is 170 Å². The minimum atomic E-state index is -0.824. The smallest absolute Gasteiger partial charge is 0.306 e. The predicted octanol–water partition coefficient (Wildman–Crippen LogP) is 23.4. The van der Waals surface area contributed by atoms with Crippen molar-refractivity contribution in [3.63, 3.8) is 0 Å². The standard InChI is InChI=1S/C77H122O6/c1-4-7-10-13-16-19-22-25-27-29-31-33-35-36-37-38-39-40-42-43-45-47-49-52-55-58-61-64-67-70-76(79)82-73-74(72-81-75(78)69-66-63-60-57-54-51-24-21-18-15-12-9-6-3)83-77(80)71-68-65-62-59-56-53-50-48-46-44-41-34-32-30-28-26-23-20-17-14-11-8-5-2/h7-8,10-11,16-17,19-21,24-28,31-34,36-37,39-40,44,46,50,53,59,62,74H,4-6,9,12-15,18,22-23,29-30,35,38,41-43,45,47-49,51-52,54-58,60-61,63-73H2,1-3H3/b10-7-,11-8-,19-16-,20-17-,24-21-,27-25-,28-26-,33-31-,34-32-,37-36-,40-39-,46-44-,53-50-,62-59-. The third kappa shape index (κ3) is 67.4. The van der Waals surface area contributed by atoms with Gasteiger partial charge in [-0.3, -0.25) is 14.4 Å². The molecule has 0 aliphatic heterocycles. The zero-order chi connectivity index (χ0) is 59.9. The van der Waals surface area contributed by atoms with Gasteiger partial charge < -0.3 is 14.2 Å². The van der Waals surface area contributed by atoms with E-state index in [1.807, 2.05) is 0 Å². The van der Waals surface area contributed by atoms with Gasteiger partial charge in [0, 0.05) is 19.3 Å². The summed E-state index contributed by atoms with van der Waals surface area (Å²) in [6, 6.07) is 0. The fourth-order valence-corrected chi connectivity index (χ4v) is 8.72. The van der Waals surface area contributed by atoms with Gasteiger partial charge in [-0.1, -0.05) is 281 Å². The van der Waals surface area contributed by atoms with Crippen molar-refractivity contribution in [2.75, 3.05) is 13.2 Å². The van der Waals surface area contributed by atoms with Gasteiger partial charge in [0.05, 0.1) is 0 Å². The molecule has 0 saturated heterocycles. The highest BCUT2D eigenvalue weighted by molar-refractivity contribution is 5.71. The molecule has 0 spiro atoms. The highest BCUT2D eigenvalue weighted by Crippen LogP contribution is 2.15. The second kappa shape index (κ2) is 69.3. The quantitative estimate of drug-likeness (QED) is 0.0261. The third-order valence-corrected chi connectivity index (χ3v) is 13.7. The number of allylic oxidation sites excluding steroid dienone is 28. The highest BCUT2D eigenvalue weighted by atomic mass is 16.6. The van der Waals surface area contributed by atoms with Crippen LogP contribution in [-0.2, 0) is 28.6 Å². The Morgan fingerprint density at radius 2 is 0.482 bits per heavy atom. The molecule has 0 rings (SSSR count). The van der Waals surface area contributed by atoms with Crippen LogP contribution in [0.4, 0.5) is 0 Å². The Morgan fingerprint density at radius 3 is 0.783 bits per heavy atom. The number of carbonyl (C=O) groups excluding carboxylic acids is 3. The van der Waals surface area contributed by atoms with Crippen molar-refractivity contribution < 1.29 is 28.6 Å². The molecule has 0 saturated carbocycles. The first kappa shape index (κ1) is 77.8. The Kier molecular flexibility index (Phi) is 64.9. The van der Waals surface area contributed by atoms with Crippen LogP contribution in [0.25, 0.3) is 0 Å². The lowest BCUT2D eigenvalue weighted by molar-refractivity contribution is -0.167. The van der Waals surface area contributed by atoms with Crippen LogP contribution >= 0.6 is 0 Å². The van der Waals surface area contributed by atoms with Crippen molar-refractivity contribution >= 4 is 17.9 Å². The molecule has 83 heavy (non-hydrogen) atoms. The third-order valence-electron chi connectivity index (χ3n) is 13.7. The second-order valence-electron chi connectivity index (χ2n) is 21.6. The number of rotatable bonds is 59. The van der Waals surface area contributed by atoms with Crippen molar-refractivity contribution in [3.8, 4) is 0 Å². The summed E-state index contributed by atoms with van der Waals surface area (Å²) in [6.45, 7) is 6.34. The molecule has 6 nitrogen and oxygen atoms in total. The Bertz CT molecular complexity index is 1890. The lowest BCUT2D eigenvalue weighted by Gasteiger charge is -2.18. The SMILES string of the molecule is CC/C=C\C/C=C\C/C=C\C/C=C\C/C=C\C/C=C\C/C=C\CCCC(=O)OC(COC(=O)CCCCCCC/C=C\CCCCCC)COC(=O)CCCCCCCCCCCC/C=C\C/C=C\C/C=C\C/C=C\C/C=C\C/C=C\CC. The molecule has 0 aliphatic rings. The molecule has 0 radical (unpaired) electrons. The number of hydrogen-bond acceptors (Lipinski definition) is 6. The van der Waals surface area contributed by atoms with E-state index in [0.29, 0.717) is 19.3 Å². The number of hydrogen-bond donors (Lipinski definition) is 0. The lowest BCUT2D eigenvalue weighted by atomic mass is 10.1. The van der Waals surface area contributed by atoms with Gasteiger partial charge in [0.25, 0.3) is 0 Å². The first-order chi connectivity index (χ1) is 41.0. The van der Waals surface area contributed by atoms with E-state index in [9.17, 15) is 14.4 Å². The molecule has 466 valence electrons. The van der Waals surface area contributed by atoms with E-state index in [-0.39, 0.29) is 37.5 Å². The van der Waals surface area contributed by atoms with Crippen molar-refractivity contribution in [2.45, 2.75) is 284 Å². The number of unbranched alkanes of at least 4 members (excludes halogenated alkanes) is 20. The second-order valence-corrected chi connectivity index (χ2v) is 21.6. The van der Waals surface area contributed by atoms with Crippen molar-refractivity contribution in [1.29, 1.82) is 0 Å². The summed E-state index contributed by atoms with van der Waals surface area (Å²) in [7, 11) is 0. The maximum atomic E-state index is 12.9. The average Bonchev–Trinajstić information content (AvgIpc) is 3.49. The van der Waals surface area contributed by atoms with E-state index in [2.05, 4.69) is 191 Å². The maximum Gasteiger partial charge on any atom is 0.306 e. The number of carbonyl (C=O) groups is 3. The van der Waals surface area contributed by atoms with Crippen LogP contribution in [0.15, 0.2) is 170 Å². The van der Waals surface area contributed by atoms with Gasteiger partial charge in [-0.2, -0.15) is 0 Å². The Labute approximate surface area is 511 Å². The summed E-state index contributed by atoms with van der Waals surface area (Å²) >= 11 is 0. The summed E-state index contributed by atoms with van der Waals surface area (Å²) in [4.78, 5) is 38.4. The lowest BCUT2D eigenvalue weighted by Crippen LogP contribution is -2.30. The van der Waals surface area contributed by atoms with Gasteiger partial charge in [0.15, 0.2) is 6.10 Å². The molecule has 0 aliphatic carbocycles. The van der Waals surface area contributed by atoms with E-state index in [1.165, 1.54) is 83.5 Å².